The number of benzene rings is 1. The number of nitrogens with zero attached hydrogens (tertiary/aromatic N) is 1. The summed E-state index contributed by atoms with van der Waals surface area (Å²) in [4.78, 5) is 4.27. The molecule has 4 nitrogen and oxygen atoms in total. The Morgan fingerprint density at radius 1 is 1.29 bits per heavy atom. The largest absolute Gasteiger partial charge is 0.488 e. The van der Waals surface area contributed by atoms with Crippen LogP contribution >= 0.6 is 24.0 Å². The fraction of sp³-hybridized carbons (Fsp3) is 0.438. The van der Waals surface area contributed by atoms with Gasteiger partial charge in [0.05, 0.1) is 6.54 Å². The normalized spacial score (nSPS) is 20.6. The van der Waals surface area contributed by atoms with Gasteiger partial charge in [0, 0.05) is 19.5 Å². The van der Waals surface area contributed by atoms with Gasteiger partial charge in [-0.2, -0.15) is 0 Å². The molecule has 5 heteroatoms. The molecule has 1 aromatic rings. The second kappa shape index (κ2) is 7.68. The van der Waals surface area contributed by atoms with Crippen molar-refractivity contribution in [1.82, 2.24) is 10.6 Å². The Kier molecular flexibility index (Phi) is 5.90. The van der Waals surface area contributed by atoms with Crippen molar-refractivity contribution >= 4 is 29.9 Å². The number of fused-ring (bicyclic) bond motifs is 1. The van der Waals surface area contributed by atoms with Gasteiger partial charge in [-0.05, 0) is 24.5 Å². The van der Waals surface area contributed by atoms with Gasteiger partial charge < -0.3 is 15.4 Å². The highest BCUT2D eigenvalue weighted by atomic mass is 127. The third-order valence-electron chi connectivity index (χ3n) is 3.78. The number of hydrogen-bond donors (Lipinski definition) is 2. The summed E-state index contributed by atoms with van der Waals surface area (Å²) >= 11 is 0. The second-order valence-corrected chi connectivity index (χ2v) is 5.29. The van der Waals surface area contributed by atoms with Gasteiger partial charge in [-0.3, -0.25) is 4.99 Å². The lowest BCUT2D eigenvalue weighted by Crippen LogP contribution is -2.45. The zero-order chi connectivity index (χ0) is 13.8. The number of nitrogens with one attached hydrogen (secondary N) is 2. The van der Waals surface area contributed by atoms with E-state index >= 15 is 0 Å². The molecule has 1 heterocycles. The van der Waals surface area contributed by atoms with E-state index in [1.54, 1.807) is 0 Å². The van der Waals surface area contributed by atoms with Crippen LogP contribution < -0.4 is 15.4 Å². The Labute approximate surface area is 143 Å². The van der Waals surface area contributed by atoms with E-state index in [2.05, 4.69) is 39.9 Å². The molecule has 1 aromatic carbocycles. The zero-order valence-electron chi connectivity index (χ0n) is 12.2. The predicted octanol–water partition coefficient (Wildman–Crippen LogP) is 2.49. The molecule has 0 radical (unpaired) electrons. The third-order valence-corrected chi connectivity index (χ3v) is 3.78. The van der Waals surface area contributed by atoms with Gasteiger partial charge in [0.1, 0.15) is 11.9 Å². The van der Waals surface area contributed by atoms with Crippen LogP contribution in [0.1, 0.15) is 18.4 Å². The standard InChI is InChI=1S/C16H21N3O.HI/c1-17-16(19-13-7-3-4-8-13)18-11-14-10-12-6-2-5-9-15(12)20-14;/h2-6,9,13-14H,7-8,10-11H2,1H3,(H2,17,18,19);1H. The maximum atomic E-state index is 5.91. The van der Waals surface area contributed by atoms with Crippen molar-refractivity contribution in [3.05, 3.63) is 42.0 Å². The highest BCUT2D eigenvalue weighted by molar-refractivity contribution is 14.0. The van der Waals surface area contributed by atoms with Crippen LogP contribution in [0.5, 0.6) is 5.75 Å². The molecule has 1 aliphatic heterocycles. The van der Waals surface area contributed by atoms with Gasteiger partial charge in [-0.25, -0.2) is 0 Å². The van der Waals surface area contributed by atoms with Gasteiger partial charge in [0.2, 0.25) is 0 Å². The topological polar surface area (TPSA) is 45.7 Å². The molecule has 3 rings (SSSR count). The summed E-state index contributed by atoms with van der Waals surface area (Å²) in [6.07, 6.45) is 7.72. The highest BCUT2D eigenvalue weighted by Gasteiger charge is 2.22. The van der Waals surface area contributed by atoms with Crippen molar-refractivity contribution in [1.29, 1.82) is 0 Å². The number of aliphatic imine (C=N–C) groups is 1. The van der Waals surface area contributed by atoms with Crippen molar-refractivity contribution in [3.63, 3.8) is 0 Å². The van der Waals surface area contributed by atoms with Crippen molar-refractivity contribution in [2.45, 2.75) is 31.4 Å². The predicted molar refractivity (Wildman–Crippen MR) is 96.6 cm³/mol. The number of para-hydroxylation sites is 1. The molecule has 0 amide bonds. The Morgan fingerprint density at radius 3 is 2.76 bits per heavy atom. The maximum absolute atomic E-state index is 5.91. The lowest BCUT2D eigenvalue weighted by Gasteiger charge is -2.18. The van der Waals surface area contributed by atoms with E-state index in [1.165, 1.54) is 5.56 Å². The molecular weight excluding hydrogens is 377 g/mol. The Balaban J connectivity index is 0.00000161. The van der Waals surface area contributed by atoms with E-state index < -0.39 is 0 Å². The van der Waals surface area contributed by atoms with Crippen LogP contribution in [-0.4, -0.2) is 31.7 Å². The first kappa shape index (κ1) is 16.1. The Morgan fingerprint density at radius 2 is 2.05 bits per heavy atom. The number of ether oxygens (including phenoxy) is 1. The van der Waals surface area contributed by atoms with E-state index in [-0.39, 0.29) is 30.1 Å². The average Bonchev–Trinajstić information content (AvgIpc) is 3.12. The van der Waals surface area contributed by atoms with Gasteiger partial charge >= 0.3 is 0 Å². The number of halogens is 1. The van der Waals surface area contributed by atoms with Crippen LogP contribution in [0.25, 0.3) is 0 Å². The molecule has 2 aliphatic rings. The van der Waals surface area contributed by atoms with Crippen LogP contribution in [0.3, 0.4) is 0 Å². The average molecular weight is 399 g/mol. The van der Waals surface area contributed by atoms with Gasteiger partial charge in [-0.1, -0.05) is 30.4 Å². The summed E-state index contributed by atoms with van der Waals surface area (Å²) in [5.74, 6) is 1.88. The molecule has 0 bridgehead atoms. The first-order valence-corrected chi connectivity index (χ1v) is 7.22. The summed E-state index contributed by atoms with van der Waals surface area (Å²) < 4.78 is 5.91. The van der Waals surface area contributed by atoms with E-state index in [9.17, 15) is 0 Å². The fourth-order valence-corrected chi connectivity index (χ4v) is 2.70. The van der Waals surface area contributed by atoms with Crippen molar-refractivity contribution in [3.8, 4) is 5.75 Å². The zero-order valence-corrected chi connectivity index (χ0v) is 14.5. The summed E-state index contributed by atoms with van der Waals surface area (Å²) in [5, 5.41) is 6.79. The van der Waals surface area contributed by atoms with Gasteiger partial charge in [0.15, 0.2) is 5.96 Å². The van der Waals surface area contributed by atoms with E-state index in [1.807, 2.05) is 19.2 Å². The molecule has 0 saturated heterocycles. The van der Waals surface area contributed by atoms with Crippen molar-refractivity contribution in [2.75, 3.05) is 13.6 Å². The maximum Gasteiger partial charge on any atom is 0.191 e. The van der Waals surface area contributed by atoms with Crippen LogP contribution in [0.4, 0.5) is 0 Å². The minimum atomic E-state index is 0. The lowest BCUT2D eigenvalue weighted by atomic mass is 10.1. The van der Waals surface area contributed by atoms with Crippen LogP contribution in [-0.2, 0) is 6.42 Å². The van der Waals surface area contributed by atoms with E-state index in [0.29, 0.717) is 6.04 Å². The first-order chi connectivity index (χ1) is 9.85. The molecule has 2 N–H and O–H groups in total. The van der Waals surface area contributed by atoms with E-state index in [0.717, 1.165) is 37.5 Å². The van der Waals surface area contributed by atoms with Crippen LogP contribution in [0.15, 0.2) is 41.4 Å². The molecular formula is C16H22IN3O. The molecule has 1 aliphatic carbocycles. The molecule has 114 valence electrons. The molecule has 0 spiro atoms. The minimum Gasteiger partial charge on any atom is -0.488 e. The number of rotatable bonds is 3. The molecule has 1 atom stereocenters. The van der Waals surface area contributed by atoms with Gasteiger partial charge in [0.25, 0.3) is 0 Å². The Hall–Kier alpha value is -1.24. The van der Waals surface area contributed by atoms with Gasteiger partial charge in [-0.15, -0.1) is 24.0 Å². The lowest BCUT2D eigenvalue weighted by molar-refractivity contribution is 0.234. The van der Waals surface area contributed by atoms with Crippen molar-refractivity contribution < 1.29 is 4.74 Å². The number of guanidine groups is 1. The number of hydrogen-bond acceptors (Lipinski definition) is 2. The quantitative estimate of drug-likeness (QED) is 0.355. The SMILES string of the molecule is CN=C(NCC1Cc2ccccc2O1)NC1CC=CC1.I. The minimum absolute atomic E-state index is 0. The Bertz CT molecular complexity index is 497. The second-order valence-electron chi connectivity index (χ2n) is 5.29. The van der Waals surface area contributed by atoms with Crippen LogP contribution in [0.2, 0.25) is 0 Å². The molecule has 0 saturated carbocycles. The summed E-state index contributed by atoms with van der Waals surface area (Å²) in [5.41, 5.74) is 1.29. The molecule has 0 aromatic heterocycles. The highest BCUT2D eigenvalue weighted by Crippen LogP contribution is 2.27. The molecule has 1 unspecified atom stereocenters. The molecule has 21 heavy (non-hydrogen) atoms. The molecule has 0 fully saturated rings. The van der Waals surface area contributed by atoms with Crippen LogP contribution in [0, 0.1) is 0 Å². The fourth-order valence-electron chi connectivity index (χ4n) is 2.70. The first-order valence-electron chi connectivity index (χ1n) is 7.22. The monoisotopic (exact) mass is 399 g/mol. The summed E-state index contributed by atoms with van der Waals surface area (Å²) in [6, 6.07) is 8.72. The van der Waals surface area contributed by atoms with Crippen molar-refractivity contribution in [2.24, 2.45) is 4.99 Å². The smallest absolute Gasteiger partial charge is 0.191 e. The summed E-state index contributed by atoms with van der Waals surface area (Å²) in [6.45, 7) is 0.772. The van der Waals surface area contributed by atoms with E-state index in [4.69, 9.17) is 4.74 Å². The third kappa shape index (κ3) is 4.12. The summed E-state index contributed by atoms with van der Waals surface area (Å²) in [7, 11) is 1.81.